The zero-order valence-corrected chi connectivity index (χ0v) is 30.2. The van der Waals surface area contributed by atoms with Gasteiger partial charge in [-0.1, -0.05) is 23.2 Å². The van der Waals surface area contributed by atoms with Crippen LogP contribution >= 0.6 is 23.2 Å². The maximum atomic E-state index is 12.5. The topological polar surface area (TPSA) is 128 Å². The lowest BCUT2D eigenvalue weighted by Crippen LogP contribution is -2.73. The molecule has 3 saturated heterocycles. The number of methoxy groups -OCH3 is 1. The van der Waals surface area contributed by atoms with Crippen LogP contribution in [0.2, 0.25) is 10.0 Å². The Labute approximate surface area is 300 Å². The molecule has 1 amide bonds. The lowest BCUT2D eigenvalue weighted by molar-refractivity contribution is -0.0455. The summed E-state index contributed by atoms with van der Waals surface area (Å²) in [5.74, 6) is 1.59. The molecule has 262 valence electrons. The van der Waals surface area contributed by atoms with Gasteiger partial charge in [-0.25, -0.2) is 14.5 Å². The number of rotatable bonds is 7. The van der Waals surface area contributed by atoms with Gasteiger partial charge in [0.05, 0.1) is 28.2 Å². The van der Waals surface area contributed by atoms with Crippen LogP contribution in [0.4, 0.5) is 10.6 Å². The second-order valence-electron chi connectivity index (χ2n) is 14.3. The number of aromatic nitrogens is 4. The number of anilines is 1. The van der Waals surface area contributed by atoms with Gasteiger partial charge < -0.3 is 28.7 Å². The van der Waals surface area contributed by atoms with E-state index in [4.69, 9.17) is 52.2 Å². The number of hydrogen-bond donors (Lipinski definition) is 0. The number of carbonyl (C=O) groups is 1. The molecular weight excluding hydrogens is 681 g/mol. The minimum atomic E-state index is -0.537. The van der Waals surface area contributed by atoms with E-state index in [-0.39, 0.29) is 17.7 Å². The molecule has 6 heterocycles. The van der Waals surface area contributed by atoms with E-state index < -0.39 is 11.7 Å². The van der Waals surface area contributed by atoms with Crippen molar-refractivity contribution in [3.05, 3.63) is 58.0 Å². The number of hydrogen-bond acceptors (Lipinski definition) is 10. The zero-order valence-electron chi connectivity index (χ0n) is 28.7. The third kappa shape index (κ3) is 6.38. The molecule has 14 heteroatoms. The predicted molar refractivity (Wildman–Crippen MR) is 189 cm³/mol. The van der Waals surface area contributed by atoms with E-state index >= 15 is 0 Å². The van der Waals surface area contributed by atoms with Crippen LogP contribution < -0.4 is 14.4 Å². The van der Waals surface area contributed by atoms with Crippen LogP contribution in [0.1, 0.15) is 70.4 Å². The molecule has 3 aliphatic rings. The fraction of sp³-hybridized carbons (Fsp3) is 0.472. The van der Waals surface area contributed by atoms with Crippen LogP contribution in [0.25, 0.3) is 22.2 Å². The first kappa shape index (κ1) is 34.2. The van der Waals surface area contributed by atoms with Crippen molar-refractivity contribution in [2.45, 2.75) is 64.9 Å². The van der Waals surface area contributed by atoms with E-state index in [2.05, 4.69) is 16.0 Å². The number of halogens is 2. The summed E-state index contributed by atoms with van der Waals surface area (Å²) in [6, 6.07) is 7.97. The fourth-order valence-electron chi connectivity index (χ4n) is 7.06. The number of fused-ring (bicyclic) bond motifs is 1. The van der Waals surface area contributed by atoms with Crippen molar-refractivity contribution < 1.29 is 23.7 Å². The highest BCUT2D eigenvalue weighted by Crippen LogP contribution is 2.45. The van der Waals surface area contributed by atoms with Crippen molar-refractivity contribution in [1.82, 2.24) is 24.6 Å². The van der Waals surface area contributed by atoms with Crippen molar-refractivity contribution in [2.75, 3.05) is 44.8 Å². The van der Waals surface area contributed by atoms with E-state index in [1.54, 1.807) is 18.2 Å². The minimum Gasteiger partial charge on any atom is -0.493 e. The Bertz CT molecular complexity index is 1960. The highest BCUT2D eigenvalue weighted by Gasteiger charge is 2.54. The molecule has 50 heavy (non-hydrogen) atoms. The van der Waals surface area contributed by atoms with Crippen molar-refractivity contribution in [3.8, 4) is 28.8 Å². The number of likely N-dealkylation sites (tertiary alicyclic amines) is 1. The molecule has 3 fully saturated rings. The maximum absolute atomic E-state index is 12.5. The Morgan fingerprint density at radius 1 is 1.08 bits per heavy atom. The van der Waals surface area contributed by atoms with Gasteiger partial charge >= 0.3 is 6.09 Å². The second kappa shape index (κ2) is 13.1. The summed E-state index contributed by atoms with van der Waals surface area (Å²) in [4.78, 5) is 25.2. The summed E-state index contributed by atoms with van der Waals surface area (Å²) in [6.45, 7) is 10.7. The van der Waals surface area contributed by atoms with E-state index in [1.165, 1.54) is 12.4 Å². The van der Waals surface area contributed by atoms with E-state index in [0.717, 1.165) is 30.2 Å². The molecule has 2 atom stereocenters. The first-order chi connectivity index (χ1) is 23.9. The molecule has 1 unspecified atom stereocenters. The second-order valence-corrected chi connectivity index (χ2v) is 15.1. The number of nitrogens with zero attached hydrogens (tertiary/aromatic N) is 7. The van der Waals surface area contributed by atoms with Crippen LogP contribution in [-0.2, 0) is 9.47 Å². The molecule has 1 spiro atoms. The minimum absolute atomic E-state index is 0.0176. The van der Waals surface area contributed by atoms with Gasteiger partial charge in [0.1, 0.15) is 29.3 Å². The van der Waals surface area contributed by atoms with Gasteiger partial charge in [0.15, 0.2) is 17.7 Å². The van der Waals surface area contributed by atoms with Crippen LogP contribution in [0.3, 0.4) is 0 Å². The number of benzene rings is 1. The van der Waals surface area contributed by atoms with E-state index in [9.17, 15) is 10.1 Å². The van der Waals surface area contributed by atoms with Crippen molar-refractivity contribution >= 4 is 46.0 Å². The Balaban J connectivity index is 1.20. The third-order valence-electron chi connectivity index (χ3n) is 9.34. The Morgan fingerprint density at radius 2 is 1.82 bits per heavy atom. The number of pyridine rings is 2. The van der Waals surface area contributed by atoms with Gasteiger partial charge in [0, 0.05) is 79.4 Å². The van der Waals surface area contributed by atoms with Crippen LogP contribution in [-0.4, -0.2) is 76.2 Å². The average Bonchev–Trinajstić information content (AvgIpc) is 3.41. The van der Waals surface area contributed by atoms with Crippen LogP contribution in [0.15, 0.2) is 36.8 Å². The zero-order chi connectivity index (χ0) is 35.4. The van der Waals surface area contributed by atoms with Gasteiger partial charge in [-0.15, -0.1) is 0 Å². The van der Waals surface area contributed by atoms with Crippen LogP contribution in [0, 0.1) is 16.7 Å². The quantitative estimate of drug-likeness (QED) is 0.189. The monoisotopic (exact) mass is 719 g/mol. The molecule has 0 bridgehead atoms. The summed E-state index contributed by atoms with van der Waals surface area (Å²) in [5, 5.41) is 16.9. The lowest BCUT2D eigenvalue weighted by Gasteiger charge is -2.60. The first-order valence-corrected chi connectivity index (χ1v) is 17.4. The van der Waals surface area contributed by atoms with E-state index in [1.807, 2.05) is 50.6 Å². The molecule has 12 nitrogen and oxygen atoms in total. The van der Waals surface area contributed by atoms with Gasteiger partial charge in [-0.2, -0.15) is 10.4 Å². The number of amides is 1. The summed E-state index contributed by atoms with van der Waals surface area (Å²) in [6.07, 6.45) is 6.57. The molecule has 0 saturated carbocycles. The average molecular weight is 721 g/mol. The maximum Gasteiger partial charge on any atom is 0.410 e. The Kier molecular flexibility index (Phi) is 8.95. The summed E-state index contributed by atoms with van der Waals surface area (Å²) in [5.41, 5.74) is 2.62. The molecule has 1 aromatic carbocycles. The largest absolute Gasteiger partial charge is 0.493 e. The molecule has 0 radical (unpaired) electrons. The molecule has 0 N–H and O–H groups in total. The normalized spacial score (nSPS) is 19.0. The van der Waals surface area contributed by atoms with Gasteiger partial charge in [-0.05, 0) is 59.1 Å². The standard InChI is InChI=1S/C36H39Cl2N7O5/c1-21(31-25(37)15-40-16-26(31)38)49-29-11-24-27(12-28(29)47-5)45(30-8-6-7-9-48-30)42-32(24)23-10-22(13-39)33(41-14-23)43-17-36(18-43)19-44(20-36)34(46)50-35(2,3)4/h10-12,14-16,21,30H,6-9,17-20H2,1-5H3/t21-,30?/m1/s1. The summed E-state index contributed by atoms with van der Waals surface area (Å²) in [7, 11) is 1.59. The van der Waals surface area contributed by atoms with Crippen molar-refractivity contribution in [2.24, 2.45) is 5.41 Å². The van der Waals surface area contributed by atoms with Crippen molar-refractivity contribution in [1.29, 1.82) is 5.26 Å². The number of nitriles is 1. The molecule has 3 aliphatic heterocycles. The SMILES string of the molecule is COc1cc2c(cc1O[C@H](C)c1c(Cl)cncc1Cl)c(-c1cnc(N3CC4(CN(C(=O)OC(C)(C)C)C4)C3)c(C#N)c1)nn2C1CCCCO1. The Morgan fingerprint density at radius 3 is 2.46 bits per heavy atom. The van der Waals surface area contributed by atoms with Crippen molar-refractivity contribution in [3.63, 3.8) is 0 Å². The third-order valence-corrected chi connectivity index (χ3v) is 9.94. The van der Waals surface area contributed by atoms with Gasteiger partial charge in [0.25, 0.3) is 0 Å². The summed E-state index contributed by atoms with van der Waals surface area (Å²) >= 11 is 12.9. The lowest BCUT2D eigenvalue weighted by atomic mass is 9.73. The fourth-order valence-corrected chi connectivity index (χ4v) is 7.73. The van der Waals surface area contributed by atoms with Crippen LogP contribution in [0.5, 0.6) is 11.5 Å². The number of ether oxygens (including phenoxy) is 4. The molecule has 3 aromatic heterocycles. The Hall–Kier alpha value is -4.31. The van der Waals surface area contributed by atoms with Gasteiger partial charge in [0.2, 0.25) is 0 Å². The highest BCUT2D eigenvalue weighted by atomic mass is 35.5. The first-order valence-electron chi connectivity index (χ1n) is 16.7. The number of carbonyl (C=O) groups excluding carboxylic acids is 1. The highest BCUT2D eigenvalue weighted by molar-refractivity contribution is 6.35. The smallest absolute Gasteiger partial charge is 0.410 e. The molecular formula is C36H39Cl2N7O5. The summed E-state index contributed by atoms with van der Waals surface area (Å²) < 4.78 is 25.8. The predicted octanol–water partition coefficient (Wildman–Crippen LogP) is 7.58. The van der Waals surface area contributed by atoms with E-state index in [0.29, 0.717) is 82.5 Å². The molecule has 4 aromatic rings. The molecule has 0 aliphatic carbocycles. The van der Waals surface area contributed by atoms with Gasteiger partial charge in [-0.3, -0.25) is 4.98 Å². The molecule has 7 rings (SSSR count).